The van der Waals surface area contributed by atoms with Gasteiger partial charge in [-0.2, -0.15) is 0 Å². The van der Waals surface area contributed by atoms with Crippen molar-refractivity contribution in [2.24, 2.45) is 5.73 Å². The van der Waals surface area contributed by atoms with Crippen LogP contribution in [-0.2, 0) is 33.2 Å². The summed E-state index contributed by atoms with van der Waals surface area (Å²) in [6.45, 7) is -0.718. The Morgan fingerprint density at radius 1 is 0.812 bits per heavy atom. The van der Waals surface area contributed by atoms with Crippen molar-refractivity contribution < 1.29 is 69.0 Å². The highest BCUT2D eigenvalue weighted by molar-refractivity contribution is 5.79. The number of carbonyl (C=O) groups is 1. The van der Waals surface area contributed by atoms with Crippen molar-refractivity contribution in [2.45, 2.75) is 79.9 Å². The third-order valence-electron chi connectivity index (χ3n) is 5.58. The lowest BCUT2D eigenvalue weighted by Crippen LogP contribution is -2.65. The summed E-state index contributed by atoms with van der Waals surface area (Å²) in [4.78, 5) is 11.6. The van der Waals surface area contributed by atoms with Crippen molar-refractivity contribution in [3.63, 3.8) is 0 Å². The molecule has 0 aromatic carbocycles. The summed E-state index contributed by atoms with van der Waals surface area (Å²) in [6.07, 6.45) is -20.1. The van der Waals surface area contributed by atoms with Crippen molar-refractivity contribution in [1.82, 2.24) is 0 Å². The molecule has 3 saturated heterocycles. The largest absolute Gasteiger partial charge is 0.388 e. The SMILES string of the molecule is CO[C@H]1[C@H](O)[C@@H](O)[C@@H](O[C@H]2C(O)OC[C@@H](O[C@@H]3OC[C@@H](O)[C@H](O)[C@H]3O)[C@@H]2O)O[C@@H]1C(N)=O. The Hall–Kier alpha value is -1.05. The Morgan fingerprint density at radius 3 is 2.09 bits per heavy atom. The number of rotatable bonds is 6. The second-order valence-corrected chi connectivity index (χ2v) is 7.75. The highest BCUT2D eigenvalue weighted by Crippen LogP contribution is 2.29. The number of nitrogens with two attached hydrogens (primary N) is 1. The number of amides is 1. The molecule has 0 aromatic heterocycles. The van der Waals surface area contributed by atoms with Crippen LogP contribution in [0.15, 0.2) is 0 Å². The minimum Gasteiger partial charge on any atom is -0.388 e. The maximum absolute atomic E-state index is 11.6. The fraction of sp³-hybridized carbons (Fsp3) is 0.941. The van der Waals surface area contributed by atoms with Gasteiger partial charge in [-0.1, -0.05) is 0 Å². The Labute approximate surface area is 181 Å². The third kappa shape index (κ3) is 5.05. The van der Waals surface area contributed by atoms with E-state index in [9.17, 15) is 40.5 Å². The van der Waals surface area contributed by atoms with Crippen LogP contribution in [0.4, 0.5) is 0 Å². The maximum Gasteiger partial charge on any atom is 0.249 e. The fourth-order valence-corrected chi connectivity index (χ4v) is 3.70. The Balaban J connectivity index is 1.68. The fourth-order valence-electron chi connectivity index (χ4n) is 3.70. The van der Waals surface area contributed by atoms with E-state index in [-0.39, 0.29) is 13.2 Å². The molecule has 3 fully saturated rings. The van der Waals surface area contributed by atoms with Crippen molar-refractivity contribution in [1.29, 1.82) is 0 Å². The second-order valence-electron chi connectivity index (χ2n) is 7.75. The molecule has 3 aliphatic rings. The summed E-state index contributed by atoms with van der Waals surface area (Å²) in [5.74, 6) is -1.01. The van der Waals surface area contributed by atoms with E-state index < -0.39 is 85.8 Å². The lowest BCUT2D eigenvalue weighted by atomic mass is 9.97. The van der Waals surface area contributed by atoms with Gasteiger partial charge in [-0.05, 0) is 0 Å². The first kappa shape index (κ1) is 25.6. The highest BCUT2D eigenvalue weighted by atomic mass is 16.7. The molecule has 32 heavy (non-hydrogen) atoms. The lowest BCUT2D eigenvalue weighted by molar-refractivity contribution is -0.362. The topological polar surface area (TPSA) is 240 Å². The molecule has 15 heteroatoms. The highest BCUT2D eigenvalue weighted by Gasteiger charge is 2.51. The average molecular weight is 471 g/mol. The van der Waals surface area contributed by atoms with Gasteiger partial charge >= 0.3 is 0 Å². The van der Waals surface area contributed by atoms with Crippen molar-refractivity contribution in [2.75, 3.05) is 20.3 Å². The zero-order chi connectivity index (χ0) is 23.7. The van der Waals surface area contributed by atoms with Gasteiger partial charge in [0.2, 0.25) is 5.91 Å². The van der Waals surface area contributed by atoms with Crippen LogP contribution >= 0.6 is 0 Å². The molecule has 0 aromatic rings. The first-order chi connectivity index (χ1) is 15.1. The Morgan fingerprint density at radius 2 is 1.47 bits per heavy atom. The molecule has 186 valence electrons. The molecular formula is C17H29NO14. The summed E-state index contributed by atoms with van der Waals surface area (Å²) in [7, 11) is 1.17. The number of hydrogen-bond acceptors (Lipinski definition) is 14. The van der Waals surface area contributed by atoms with Crippen LogP contribution < -0.4 is 5.73 Å². The van der Waals surface area contributed by atoms with Gasteiger partial charge in [0.25, 0.3) is 0 Å². The van der Waals surface area contributed by atoms with Crippen LogP contribution in [0.25, 0.3) is 0 Å². The zero-order valence-corrected chi connectivity index (χ0v) is 17.0. The number of hydrogen-bond donors (Lipinski definition) is 8. The molecular weight excluding hydrogens is 442 g/mol. The summed E-state index contributed by atoms with van der Waals surface area (Å²) < 4.78 is 31.3. The maximum atomic E-state index is 11.6. The van der Waals surface area contributed by atoms with E-state index in [1.54, 1.807) is 0 Å². The molecule has 0 saturated carbocycles. The molecule has 0 bridgehead atoms. The molecule has 1 amide bonds. The normalized spacial score (nSPS) is 50.2. The number of aliphatic hydroxyl groups excluding tert-OH is 7. The zero-order valence-electron chi connectivity index (χ0n) is 17.0. The lowest BCUT2D eigenvalue weighted by Gasteiger charge is -2.45. The number of ether oxygens (including phenoxy) is 6. The standard InChI is InChI=1S/C17H29NO14/c1-27-11-8(22)10(24)17(32-13(11)14(18)25)31-12-7(21)5(3-28-15(12)26)30-16-9(23)6(20)4(19)2-29-16/h4-13,15-17,19-24,26H,2-3H2,1H3,(H2,18,25)/t4-,5-,6+,7+,8-,9-,10-,11+,12-,13+,15?,16+,17+/m1/s1. The summed E-state index contributed by atoms with van der Waals surface area (Å²) >= 11 is 0. The first-order valence-electron chi connectivity index (χ1n) is 9.85. The summed E-state index contributed by atoms with van der Waals surface area (Å²) in [6, 6.07) is 0. The summed E-state index contributed by atoms with van der Waals surface area (Å²) in [5, 5.41) is 70.5. The van der Waals surface area contributed by atoms with Gasteiger partial charge in [-0.25, -0.2) is 0 Å². The molecule has 13 atom stereocenters. The molecule has 15 nitrogen and oxygen atoms in total. The monoisotopic (exact) mass is 471 g/mol. The molecule has 3 heterocycles. The van der Waals surface area contributed by atoms with Crippen molar-refractivity contribution >= 4 is 5.91 Å². The van der Waals surface area contributed by atoms with E-state index in [4.69, 9.17) is 34.2 Å². The Bertz CT molecular complexity index is 640. The van der Waals surface area contributed by atoms with Crippen LogP contribution in [0.3, 0.4) is 0 Å². The molecule has 0 aliphatic carbocycles. The van der Waals surface area contributed by atoms with Crippen LogP contribution in [0.2, 0.25) is 0 Å². The van der Waals surface area contributed by atoms with Gasteiger partial charge in [0.05, 0.1) is 13.2 Å². The van der Waals surface area contributed by atoms with Gasteiger partial charge in [0, 0.05) is 7.11 Å². The Kier molecular flexibility index (Phi) is 8.37. The molecule has 1 unspecified atom stereocenters. The number of carbonyl (C=O) groups excluding carboxylic acids is 1. The van der Waals surface area contributed by atoms with E-state index in [1.807, 2.05) is 0 Å². The van der Waals surface area contributed by atoms with Gasteiger partial charge in [0.15, 0.2) is 25.0 Å². The number of methoxy groups -OCH3 is 1. The molecule has 9 N–H and O–H groups in total. The predicted octanol–water partition coefficient (Wildman–Crippen LogP) is -6.15. The van der Waals surface area contributed by atoms with Crippen LogP contribution in [0, 0.1) is 0 Å². The number of primary amides is 1. The van der Waals surface area contributed by atoms with E-state index in [2.05, 4.69) is 0 Å². The molecule has 3 rings (SSSR count). The van der Waals surface area contributed by atoms with Crippen LogP contribution in [-0.4, -0.2) is 142 Å². The van der Waals surface area contributed by atoms with Gasteiger partial charge < -0.3 is 69.9 Å². The molecule has 3 aliphatic heterocycles. The number of aliphatic hydroxyl groups is 7. The third-order valence-corrected chi connectivity index (χ3v) is 5.58. The van der Waals surface area contributed by atoms with E-state index in [0.717, 1.165) is 0 Å². The van der Waals surface area contributed by atoms with E-state index in [0.29, 0.717) is 0 Å². The smallest absolute Gasteiger partial charge is 0.249 e. The minimum atomic E-state index is -1.75. The predicted molar refractivity (Wildman–Crippen MR) is 96.1 cm³/mol. The summed E-state index contributed by atoms with van der Waals surface area (Å²) in [5.41, 5.74) is 5.24. The molecule has 0 spiro atoms. The molecule has 0 radical (unpaired) electrons. The second kappa shape index (κ2) is 10.5. The van der Waals surface area contributed by atoms with E-state index in [1.165, 1.54) is 7.11 Å². The van der Waals surface area contributed by atoms with Crippen LogP contribution in [0.5, 0.6) is 0 Å². The van der Waals surface area contributed by atoms with Gasteiger partial charge in [-0.3, -0.25) is 4.79 Å². The van der Waals surface area contributed by atoms with Gasteiger partial charge in [-0.15, -0.1) is 0 Å². The first-order valence-corrected chi connectivity index (χ1v) is 9.85. The van der Waals surface area contributed by atoms with Gasteiger partial charge in [0.1, 0.15) is 54.9 Å². The van der Waals surface area contributed by atoms with Crippen LogP contribution in [0.1, 0.15) is 0 Å². The van der Waals surface area contributed by atoms with Crippen molar-refractivity contribution in [3.8, 4) is 0 Å². The van der Waals surface area contributed by atoms with E-state index >= 15 is 0 Å². The average Bonchev–Trinajstić information content (AvgIpc) is 2.75. The van der Waals surface area contributed by atoms with Crippen molar-refractivity contribution in [3.05, 3.63) is 0 Å². The quantitative estimate of drug-likeness (QED) is 0.180. The minimum absolute atomic E-state index is 0.343.